The first kappa shape index (κ1) is 16.1. The van der Waals surface area contributed by atoms with Gasteiger partial charge in [0, 0.05) is 22.5 Å². The van der Waals surface area contributed by atoms with Crippen molar-refractivity contribution in [2.24, 2.45) is 0 Å². The summed E-state index contributed by atoms with van der Waals surface area (Å²) in [6.07, 6.45) is 2.41. The standard InChI is InChI=1S/C18H19NO2S2/c1-12-16(10-17(20)21-2)15-8-9-23-18(15)19(12)11-13-4-6-14(22-3)7-5-13/h4-9H,10-11H2,1-3H3. The van der Waals surface area contributed by atoms with Crippen LogP contribution in [0.5, 0.6) is 0 Å². The van der Waals surface area contributed by atoms with Crippen LogP contribution in [0.1, 0.15) is 16.8 Å². The van der Waals surface area contributed by atoms with Crippen molar-refractivity contribution in [1.29, 1.82) is 0 Å². The molecule has 120 valence electrons. The number of aromatic nitrogens is 1. The molecule has 2 aromatic heterocycles. The molecule has 1 aromatic carbocycles. The van der Waals surface area contributed by atoms with E-state index < -0.39 is 0 Å². The molecule has 0 amide bonds. The van der Waals surface area contributed by atoms with Crippen molar-refractivity contribution < 1.29 is 9.53 Å². The number of fused-ring (bicyclic) bond motifs is 1. The predicted octanol–water partition coefficient (Wildman–Crippen LogP) is 4.50. The first-order chi connectivity index (χ1) is 11.1. The lowest BCUT2D eigenvalue weighted by Crippen LogP contribution is -2.07. The molecule has 0 atom stereocenters. The number of esters is 1. The van der Waals surface area contributed by atoms with Gasteiger partial charge in [0.2, 0.25) is 0 Å². The minimum absolute atomic E-state index is 0.192. The van der Waals surface area contributed by atoms with Crippen LogP contribution in [0, 0.1) is 6.92 Å². The fraction of sp³-hybridized carbons (Fsp3) is 0.278. The van der Waals surface area contributed by atoms with Crippen LogP contribution in [0.15, 0.2) is 40.6 Å². The van der Waals surface area contributed by atoms with Gasteiger partial charge in [0.1, 0.15) is 4.83 Å². The van der Waals surface area contributed by atoms with Gasteiger partial charge in [-0.2, -0.15) is 0 Å². The predicted molar refractivity (Wildman–Crippen MR) is 97.6 cm³/mol. The molecular weight excluding hydrogens is 326 g/mol. The molecule has 0 spiro atoms. The molecule has 3 rings (SSSR count). The molecule has 0 aliphatic heterocycles. The summed E-state index contributed by atoms with van der Waals surface area (Å²) in [5.74, 6) is -0.192. The SMILES string of the molecule is COC(=O)Cc1c(C)n(Cc2ccc(SC)cc2)c2sccc12. The number of benzene rings is 1. The van der Waals surface area contributed by atoms with E-state index in [-0.39, 0.29) is 5.97 Å². The Labute approximate surface area is 144 Å². The van der Waals surface area contributed by atoms with Crippen LogP contribution >= 0.6 is 23.1 Å². The van der Waals surface area contributed by atoms with Gasteiger partial charge in [-0.15, -0.1) is 23.1 Å². The van der Waals surface area contributed by atoms with Crippen LogP contribution in [0.4, 0.5) is 0 Å². The fourth-order valence-corrected chi connectivity index (χ4v) is 4.18. The third kappa shape index (κ3) is 3.16. The molecule has 5 heteroatoms. The number of ether oxygens (including phenoxy) is 1. The number of thiophene rings is 1. The molecule has 0 aliphatic rings. The van der Waals surface area contributed by atoms with E-state index in [1.54, 1.807) is 23.1 Å². The molecule has 0 saturated carbocycles. The van der Waals surface area contributed by atoms with Gasteiger partial charge in [0.15, 0.2) is 0 Å². The maximum Gasteiger partial charge on any atom is 0.310 e. The zero-order chi connectivity index (χ0) is 16.4. The first-order valence-corrected chi connectivity index (χ1v) is 9.49. The Bertz CT molecular complexity index is 831. The highest BCUT2D eigenvalue weighted by molar-refractivity contribution is 7.98. The van der Waals surface area contributed by atoms with Crippen LogP contribution in [0.25, 0.3) is 10.2 Å². The van der Waals surface area contributed by atoms with Crippen LogP contribution < -0.4 is 0 Å². The summed E-state index contributed by atoms with van der Waals surface area (Å²) >= 11 is 3.47. The molecule has 23 heavy (non-hydrogen) atoms. The van der Waals surface area contributed by atoms with Crippen LogP contribution in [-0.2, 0) is 22.5 Å². The van der Waals surface area contributed by atoms with Crippen molar-refractivity contribution in [1.82, 2.24) is 4.57 Å². The largest absolute Gasteiger partial charge is 0.469 e. The van der Waals surface area contributed by atoms with Crippen molar-refractivity contribution in [3.63, 3.8) is 0 Å². The summed E-state index contributed by atoms with van der Waals surface area (Å²) in [5.41, 5.74) is 3.49. The third-order valence-corrected chi connectivity index (χ3v) is 5.78. The zero-order valence-electron chi connectivity index (χ0n) is 13.5. The fourth-order valence-electron chi connectivity index (χ4n) is 2.79. The van der Waals surface area contributed by atoms with E-state index >= 15 is 0 Å². The number of carbonyl (C=O) groups excluding carboxylic acids is 1. The van der Waals surface area contributed by atoms with Gasteiger partial charge in [-0.3, -0.25) is 4.79 Å². The molecule has 0 unspecified atom stereocenters. The number of rotatable bonds is 5. The molecular formula is C18H19NO2S2. The number of hydrogen-bond acceptors (Lipinski definition) is 4. The third-order valence-electron chi connectivity index (χ3n) is 4.11. The Balaban J connectivity index is 1.98. The Morgan fingerprint density at radius 3 is 2.65 bits per heavy atom. The lowest BCUT2D eigenvalue weighted by molar-refractivity contribution is -0.139. The summed E-state index contributed by atoms with van der Waals surface area (Å²) in [6, 6.07) is 10.7. The summed E-state index contributed by atoms with van der Waals surface area (Å²) in [5, 5.41) is 3.25. The second kappa shape index (κ2) is 6.81. The Kier molecular flexibility index (Phi) is 4.78. The highest BCUT2D eigenvalue weighted by Gasteiger charge is 2.18. The minimum Gasteiger partial charge on any atom is -0.469 e. The smallest absolute Gasteiger partial charge is 0.310 e. The Morgan fingerprint density at radius 2 is 2.00 bits per heavy atom. The quantitative estimate of drug-likeness (QED) is 0.504. The topological polar surface area (TPSA) is 31.2 Å². The molecule has 0 fully saturated rings. The second-order valence-electron chi connectivity index (χ2n) is 5.39. The van der Waals surface area contributed by atoms with Crippen LogP contribution in [-0.4, -0.2) is 23.9 Å². The van der Waals surface area contributed by atoms with Crippen LogP contribution in [0.2, 0.25) is 0 Å². The summed E-state index contributed by atoms with van der Waals surface area (Å²) in [7, 11) is 1.44. The normalized spacial score (nSPS) is 11.1. The van der Waals surface area contributed by atoms with Gasteiger partial charge in [-0.05, 0) is 47.9 Å². The van der Waals surface area contributed by atoms with E-state index in [0.717, 1.165) is 17.8 Å². The van der Waals surface area contributed by atoms with Crippen LogP contribution in [0.3, 0.4) is 0 Å². The minimum atomic E-state index is -0.192. The number of thioether (sulfide) groups is 1. The van der Waals surface area contributed by atoms with Gasteiger partial charge in [0.05, 0.1) is 13.5 Å². The maximum atomic E-state index is 11.7. The van der Waals surface area contributed by atoms with Gasteiger partial charge in [0.25, 0.3) is 0 Å². The second-order valence-corrected chi connectivity index (χ2v) is 7.16. The average molecular weight is 345 g/mol. The number of carbonyl (C=O) groups is 1. The highest BCUT2D eigenvalue weighted by atomic mass is 32.2. The number of methoxy groups -OCH3 is 1. The molecule has 0 saturated heterocycles. The number of hydrogen-bond donors (Lipinski definition) is 0. The number of nitrogens with zero attached hydrogens (tertiary/aromatic N) is 1. The van der Waals surface area contributed by atoms with Crippen molar-refractivity contribution >= 4 is 39.3 Å². The molecule has 0 aliphatic carbocycles. The van der Waals surface area contributed by atoms with E-state index in [1.165, 1.54) is 27.8 Å². The van der Waals surface area contributed by atoms with Gasteiger partial charge in [-0.1, -0.05) is 12.1 Å². The van der Waals surface area contributed by atoms with E-state index in [4.69, 9.17) is 4.74 Å². The highest BCUT2D eigenvalue weighted by Crippen LogP contribution is 2.31. The van der Waals surface area contributed by atoms with E-state index in [9.17, 15) is 4.79 Å². The zero-order valence-corrected chi connectivity index (χ0v) is 15.1. The lowest BCUT2D eigenvalue weighted by atomic mass is 10.1. The van der Waals surface area contributed by atoms with Crippen molar-refractivity contribution in [2.75, 3.05) is 13.4 Å². The maximum absolute atomic E-state index is 11.7. The molecule has 3 aromatic rings. The Morgan fingerprint density at radius 1 is 1.26 bits per heavy atom. The lowest BCUT2D eigenvalue weighted by Gasteiger charge is -2.09. The van der Waals surface area contributed by atoms with E-state index in [0.29, 0.717) is 6.42 Å². The van der Waals surface area contributed by atoms with E-state index in [2.05, 4.69) is 53.5 Å². The van der Waals surface area contributed by atoms with Gasteiger partial charge >= 0.3 is 5.97 Å². The molecule has 0 N–H and O–H groups in total. The van der Waals surface area contributed by atoms with E-state index in [1.807, 2.05) is 0 Å². The van der Waals surface area contributed by atoms with Crippen molar-refractivity contribution in [3.8, 4) is 0 Å². The summed E-state index contributed by atoms with van der Waals surface area (Å²) in [6.45, 7) is 2.90. The molecule has 3 nitrogen and oxygen atoms in total. The Hall–Kier alpha value is -1.72. The van der Waals surface area contributed by atoms with Crippen molar-refractivity contribution in [2.45, 2.75) is 24.8 Å². The molecule has 2 heterocycles. The van der Waals surface area contributed by atoms with Crippen molar-refractivity contribution in [3.05, 3.63) is 52.5 Å². The van der Waals surface area contributed by atoms with Gasteiger partial charge in [-0.25, -0.2) is 0 Å². The molecule has 0 bridgehead atoms. The average Bonchev–Trinajstić information content (AvgIpc) is 3.13. The summed E-state index contributed by atoms with van der Waals surface area (Å²) in [4.78, 5) is 14.2. The first-order valence-electron chi connectivity index (χ1n) is 7.39. The van der Waals surface area contributed by atoms with Gasteiger partial charge < -0.3 is 9.30 Å². The summed E-state index contributed by atoms with van der Waals surface area (Å²) < 4.78 is 7.14. The molecule has 0 radical (unpaired) electrons. The monoisotopic (exact) mass is 345 g/mol.